The van der Waals surface area contributed by atoms with Gasteiger partial charge >= 0.3 is 0 Å². The molecule has 0 bridgehead atoms. The van der Waals surface area contributed by atoms with Crippen LogP contribution in [-0.2, 0) is 6.54 Å². The van der Waals surface area contributed by atoms with Crippen molar-refractivity contribution >= 4 is 15.9 Å². The zero-order valence-electron chi connectivity index (χ0n) is 12.0. The normalized spacial score (nSPS) is 12.6. The van der Waals surface area contributed by atoms with E-state index in [4.69, 9.17) is 0 Å². The Labute approximate surface area is 129 Å². The van der Waals surface area contributed by atoms with Crippen molar-refractivity contribution in [2.45, 2.75) is 12.6 Å². The van der Waals surface area contributed by atoms with Crippen molar-refractivity contribution in [2.24, 2.45) is 0 Å². The fourth-order valence-electron chi connectivity index (χ4n) is 2.43. The minimum atomic E-state index is 0.375. The molecule has 2 rings (SSSR count). The molecule has 0 radical (unpaired) electrons. The molecular weight excluding hydrogens is 312 g/mol. The van der Waals surface area contributed by atoms with Gasteiger partial charge in [-0.25, -0.2) is 0 Å². The van der Waals surface area contributed by atoms with Crippen LogP contribution in [0.5, 0.6) is 0 Å². The molecule has 0 saturated heterocycles. The number of nitrogens with one attached hydrogen (secondary N) is 1. The summed E-state index contributed by atoms with van der Waals surface area (Å²) in [6, 6.07) is 19.5. The molecule has 0 aliphatic rings. The lowest BCUT2D eigenvalue weighted by atomic mass is 10.0. The summed E-state index contributed by atoms with van der Waals surface area (Å²) < 4.78 is 1.13. The summed E-state index contributed by atoms with van der Waals surface area (Å²) in [5, 5.41) is 3.29. The first kappa shape index (κ1) is 15.2. The highest BCUT2D eigenvalue weighted by Crippen LogP contribution is 2.21. The number of hydrogen-bond acceptors (Lipinski definition) is 2. The number of benzene rings is 2. The van der Waals surface area contributed by atoms with Crippen LogP contribution in [-0.4, -0.2) is 25.5 Å². The maximum Gasteiger partial charge on any atom is 0.0473 e. The Kier molecular flexibility index (Phi) is 5.77. The molecule has 1 atom stereocenters. The summed E-state index contributed by atoms with van der Waals surface area (Å²) in [6.07, 6.45) is 0. The first-order chi connectivity index (χ1) is 9.70. The van der Waals surface area contributed by atoms with E-state index in [0.29, 0.717) is 6.04 Å². The smallest absolute Gasteiger partial charge is 0.0473 e. The minimum Gasteiger partial charge on any atom is -0.318 e. The molecule has 0 spiro atoms. The predicted molar refractivity (Wildman–Crippen MR) is 88.7 cm³/mol. The number of rotatable bonds is 6. The quantitative estimate of drug-likeness (QED) is 0.864. The second-order valence-electron chi connectivity index (χ2n) is 5.03. The average Bonchev–Trinajstić information content (AvgIpc) is 2.45. The van der Waals surface area contributed by atoms with Crippen LogP contribution in [0.2, 0.25) is 0 Å². The van der Waals surface area contributed by atoms with Crippen LogP contribution < -0.4 is 5.32 Å². The summed E-state index contributed by atoms with van der Waals surface area (Å²) in [7, 11) is 4.18. The van der Waals surface area contributed by atoms with Gasteiger partial charge < -0.3 is 5.32 Å². The molecule has 1 unspecified atom stereocenters. The molecule has 2 aromatic carbocycles. The fraction of sp³-hybridized carbons (Fsp3) is 0.294. The van der Waals surface area contributed by atoms with Gasteiger partial charge in [-0.1, -0.05) is 58.4 Å². The van der Waals surface area contributed by atoms with Crippen LogP contribution in [0.15, 0.2) is 59.1 Å². The number of hydrogen-bond donors (Lipinski definition) is 1. The zero-order valence-corrected chi connectivity index (χ0v) is 13.6. The molecule has 2 aromatic rings. The second-order valence-corrected chi connectivity index (χ2v) is 5.94. The summed E-state index contributed by atoms with van der Waals surface area (Å²) in [6.45, 7) is 1.87. The molecule has 0 fully saturated rings. The maximum absolute atomic E-state index is 3.53. The summed E-state index contributed by atoms with van der Waals surface area (Å²) in [4.78, 5) is 2.38. The second kappa shape index (κ2) is 7.58. The van der Waals surface area contributed by atoms with Gasteiger partial charge in [0.1, 0.15) is 0 Å². The van der Waals surface area contributed by atoms with E-state index in [1.165, 1.54) is 11.1 Å². The van der Waals surface area contributed by atoms with Gasteiger partial charge in [-0.15, -0.1) is 0 Å². The molecule has 20 heavy (non-hydrogen) atoms. The largest absolute Gasteiger partial charge is 0.318 e. The third kappa shape index (κ3) is 4.17. The third-order valence-corrected chi connectivity index (χ3v) is 3.93. The van der Waals surface area contributed by atoms with Gasteiger partial charge in [0.05, 0.1) is 0 Å². The molecule has 1 N–H and O–H groups in total. The SMILES string of the molecule is CNCC(c1ccccc1)N(C)Cc1cccc(Br)c1. The third-order valence-electron chi connectivity index (χ3n) is 3.43. The Morgan fingerprint density at radius 2 is 1.85 bits per heavy atom. The Morgan fingerprint density at radius 1 is 1.10 bits per heavy atom. The van der Waals surface area contributed by atoms with Crippen molar-refractivity contribution in [2.75, 3.05) is 20.6 Å². The van der Waals surface area contributed by atoms with Crippen molar-refractivity contribution in [1.29, 1.82) is 0 Å². The number of nitrogens with zero attached hydrogens (tertiary/aromatic N) is 1. The average molecular weight is 333 g/mol. The van der Waals surface area contributed by atoms with E-state index < -0.39 is 0 Å². The van der Waals surface area contributed by atoms with Crippen molar-refractivity contribution in [3.63, 3.8) is 0 Å². The Balaban J connectivity index is 2.13. The van der Waals surface area contributed by atoms with E-state index in [-0.39, 0.29) is 0 Å². The van der Waals surface area contributed by atoms with Gasteiger partial charge in [-0.3, -0.25) is 4.90 Å². The molecule has 0 amide bonds. The minimum absolute atomic E-state index is 0.375. The highest BCUT2D eigenvalue weighted by Gasteiger charge is 2.16. The van der Waals surface area contributed by atoms with E-state index in [0.717, 1.165) is 17.6 Å². The van der Waals surface area contributed by atoms with Crippen molar-refractivity contribution < 1.29 is 0 Å². The molecular formula is C17H21BrN2. The zero-order chi connectivity index (χ0) is 14.4. The standard InChI is InChI=1S/C17H21BrN2/c1-19-12-17(15-8-4-3-5-9-15)20(2)13-14-7-6-10-16(18)11-14/h3-11,17,19H,12-13H2,1-2H3. The lowest BCUT2D eigenvalue weighted by Gasteiger charge is -2.28. The van der Waals surface area contributed by atoms with Crippen molar-refractivity contribution in [1.82, 2.24) is 10.2 Å². The first-order valence-electron chi connectivity index (χ1n) is 6.85. The molecule has 0 heterocycles. The van der Waals surface area contributed by atoms with Gasteiger partial charge in [-0.05, 0) is 37.4 Å². The summed E-state index contributed by atoms with van der Waals surface area (Å²) in [5.74, 6) is 0. The van der Waals surface area contributed by atoms with E-state index in [9.17, 15) is 0 Å². The highest BCUT2D eigenvalue weighted by molar-refractivity contribution is 9.10. The lowest BCUT2D eigenvalue weighted by molar-refractivity contribution is 0.233. The Hall–Kier alpha value is -1.16. The van der Waals surface area contributed by atoms with E-state index >= 15 is 0 Å². The molecule has 0 aliphatic carbocycles. The van der Waals surface area contributed by atoms with Crippen LogP contribution in [0.1, 0.15) is 17.2 Å². The molecule has 106 valence electrons. The number of likely N-dealkylation sites (N-methyl/N-ethyl adjacent to an activating group) is 2. The van der Waals surface area contributed by atoms with Crippen LogP contribution >= 0.6 is 15.9 Å². The molecule has 3 heteroatoms. The molecule has 0 aromatic heterocycles. The maximum atomic E-state index is 3.53. The van der Waals surface area contributed by atoms with Crippen molar-refractivity contribution in [3.05, 3.63) is 70.2 Å². The molecule has 0 aliphatic heterocycles. The van der Waals surface area contributed by atoms with Crippen LogP contribution in [0, 0.1) is 0 Å². The predicted octanol–water partition coefficient (Wildman–Crippen LogP) is 3.84. The van der Waals surface area contributed by atoms with Crippen LogP contribution in [0.25, 0.3) is 0 Å². The van der Waals surface area contributed by atoms with E-state index in [1.807, 2.05) is 7.05 Å². The topological polar surface area (TPSA) is 15.3 Å². The van der Waals surface area contributed by atoms with Crippen LogP contribution in [0.4, 0.5) is 0 Å². The summed E-state index contributed by atoms with van der Waals surface area (Å²) >= 11 is 3.53. The van der Waals surface area contributed by atoms with E-state index in [1.54, 1.807) is 0 Å². The van der Waals surface area contributed by atoms with Gasteiger partial charge in [0.15, 0.2) is 0 Å². The van der Waals surface area contributed by atoms with Gasteiger partial charge in [-0.2, -0.15) is 0 Å². The first-order valence-corrected chi connectivity index (χ1v) is 7.64. The van der Waals surface area contributed by atoms with E-state index in [2.05, 4.69) is 87.8 Å². The van der Waals surface area contributed by atoms with Crippen molar-refractivity contribution in [3.8, 4) is 0 Å². The number of halogens is 1. The monoisotopic (exact) mass is 332 g/mol. The van der Waals surface area contributed by atoms with Gasteiger partial charge in [0, 0.05) is 23.6 Å². The fourth-order valence-corrected chi connectivity index (χ4v) is 2.88. The van der Waals surface area contributed by atoms with Crippen LogP contribution in [0.3, 0.4) is 0 Å². The Morgan fingerprint density at radius 3 is 2.50 bits per heavy atom. The van der Waals surface area contributed by atoms with Gasteiger partial charge in [0.25, 0.3) is 0 Å². The highest BCUT2D eigenvalue weighted by atomic mass is 79.9. The molecule has 2 nitrogen and oxygen atoms in total. The Bertz CT molecular complexity index is 528. The van der Waals surface area contributed by atoms with Gasteiger partial charge in [0.2, 0.25) is 0 Å². The molecule has 0 saturated carbocycles. The summed E-state index contributed by atoms with van der Waals surface area (Å²) in [5.41, 5.74) is 2.67. The lowest BCUT2D eigenvalue weighted by Crippen LogP contribution is -2.31.